The van der Waals surface area contributed by atoms with Crippen molar-refractivity contribution in [1.29, 1.82) is 0 Å². The molecule has 2 heterocycles. The molecule has 9 heteroatoms. The Morgan fingerprint density at radius 2 is 1.97 bits per heavy atom. The molecule has 31 heavy (non-hydrogen) atoms. The van der Waals surface area contributed by atoms with Crippen LogP contribution in [0.4, 0.5) is 0 Å². The van der Waals surface area contributed by atoms with Crippen molar-refractivity contribution < 1.29 is 22.7 Å². The molecule has 2 aliphatic heterocycles. The highest BCUT2D eigenvalue weighted by atomic mass is 32.2. The van der Waals surface area contributed by atoms with Crippen LogP contribution in [-0.4, -0.2) is 51.9 Å². The van der Waals surface area contributed by atoms with Crippen molar-refractivity contribution in [2.24, 2.45) is 4.40 Å². The summed E-state index contributed by atoms with van der Waals surface area (Å²) in [6.45, 7) is 2.44. The van der Waals surface area contributed by atoms with Crippen molar-refractivity contribution in [3.8, 4) is 11.5 Å². The highest BCUT2D eigenvalue weighted by Gasteiger charge is 2.39. The third-order valence-corrected chi connectivity index (χ3v) is 7.03. The number of rotatable bonds is 5. The lowest BCUT2D eigenvalue weighted by molar-refractivity contribution is -0.125. The lowest BCUT2D eigenvalue weighted by Gasteiger charge is -2.27. The number of methoxy groups -OCH3 is 2. The van der Waals surface area contributed by atoms with E-state index in [9.17, 15) is 13.2 Å². The summed E-state index contributed by atoms with van der Waals surface area (Å²) in [6.07, 6.45) is 1.39. The van der Waals surface area contributed by atoms with Crippen molar-refractivity contribution in [2.75, 3.05) is 20.8 Å². The summed E-state index contributed by atoms with van der Waals surface area (Å²) in [4.78, 5) is 15.2. The molecule has 2 aliphatic rings. The first-order chi connectivity index (χ1) is 14.9. The van der Waals surface area contributed by atoms with E-state index in [2.05, 4.69) is 9.71 Å². The number of nitrogens with zero attached hydrogens (tertiary/aromatic N) is 2. The summed E-state index contributed by atoms with van der Waals surface area (Å²) in [7, 11) is -0.579. The monoisotopic (exact) mass is 443 g/mol. The summed E-state index contributed by atoms with van der Waals surface area (Å²) in [5, 5.41) is 3.04. The minimum Gasteiger partial charge on any atom is -0.497 e. The van der Waals surface area contributed by atoms with Gasteiger partial charge in [-0.3, -0.25) is 4.79 Å². The van der Waals surface area contributed by atoms with Crippen LogP contribution >= 0.6 is 0 Å². The molecule has 0 aliphatic carbocycles. The Morgan fingerprint density at radius 3 is 2.71 bits per heavy atom. The van der Waals surface area contributed by atoms with E-state index in [1.54, 1.807) is 55.5 Å². The van der Waals surface area contributed by atoms with Gasteiger partial charge >= 0.3 is 0 Å². The van der Waals surface area contributed by atoms with Gasteiger partial charge in [0.2, 0.25) is 5.91 Å². The minimum atomic E-state index is -3.74. The van der Waals surface area contributed by atoms with E-state index < -0.39 is 16.1 Å². The van der Waals surface area contributed by atoms with Gasteiger partial charge in [0.25, 0.3) is 10.0 Å². The lowest BCUT2D eigenvalue weighted by Crippen LogP contribution is -2.46. The van der Waals surface area contributed by atoms with Gasteiger partial charge in [0, 0.05) is 17.7 Å². The Hall–Kier alpha value is -3.07. The van der Waals surface area contributed by atoms with Crippen molar-refractivity contribution in [1.82, 2.24) is 10.2 Å². The molecule has 0 saturated carbocycles. The van der Waals surface area contributed by atoms with E-state index in [4.69, 9.17) is 9.47 Å². The molecule has 1 fully saturated rings. The zero-order valence-electron chi connectivity index (χ0n) is 17.7. The van der Waals surface area contributed by atoms with Gasteiger partial charge in [-0.15, -0.1) is 4.40 Å². The van der Waals surface area contributed by atoms with Crippen LogP contribution in [0.1, 0.15) is 36.9 Å². The number of ether oxygens (including phenoxy) is 2. The average Bonchev–Trinajstić information content (AvgIpc) is 3.36. The summed E-state index contributed by atoms with van der Waals surface area (Å²) < 4.78 is 39.6. The Balaban J connectivity index is 1.57. The molecule has 2 aromatic rings. The van der Waals surface area contributed by atoms with Gasteiger partial charge in [-0.05, 0) is 50.1 Å². The predicted molar refractivity (Wildman–Crippen MR) is 116 cm³/mol. The number of carbonyl (C=O) groups excluding carboxylic acids is 1. The molecule has 1 N–H and O–H groups in total. The Kier molecular flexibility index (Phi) is 5.62. The van der Waals surface area contributed by atoms with Crippen LogP contribution in [0.15, 0.2) is 51.8 Å². The number of amidine groups is 1. The normalized spacial score (nSPS) is 20.0. The van der Waals surface area contributed by atoms with E-state index >= 15 is 0 Å². The second-order valence-electron chi connectivity index (χ2n) is 7.58. The van der Waals surface area contributed by atoms with Gasteiger partial charge in [0.15, 0.2) is 5.84 Å². The van der Waals surface area contributed by atoms with Crippen LogP contribution in [-0.2, 0) is 14.8 Å². The van der Waals surface area contributed by atoms with Gasteiger partial charge in [0.1, 0.15) is 22.4 Å². The summed E-state index contributed by atoms with van der Waals surface area (Å²) >= 11 is 0. The summed E-state index contributed by atoms with van der Waals surface area (Å²) in [5.74, 6) is 1.48. The number of nitrogens with one attached hydrogen (secondary N) is 1. The number of likely N-dealkylation sites (tertiary alicyclic amines) is 1. The first-order valence-electron chi connectivity index (χ1n) is 10.1. The number of sulfonamides is 1. The van der Waals surface area contributed by atoms with Crippen LogP contribution in [0.5, 0.6) is 11.5 Å². The summed E-state index contributed by atoms with van der Waals surface area (Å²) in [6, 6.07) is 11.3. The number of hydrogen-bond acceptors (Lipinski definition) is 6. The van der Waals surface area contributed by atoms with Crippen LogP contribution in [0, 0.1) is 0 Å². The highest BCUT2D eigenvalue weighted by molar-refractivity contribution is 7.90. The predicted octanol–water partition coefficient (Wildman–Crippen LogP) is 2.49. The number of amides is 1. The zero-order chi connectivity index (χ0) is 22.2. The molecule has 8 nitrogen and oxygen atoms in total. The van der Waals surface area contributed by atoms with E-state index in [0.717, 1.165) is 12.0 Å². The number of benzene rings is 2. The smallest absolute Gasteiger partial charge is 0.285 e. The fourth-order valence-electron chi connectivity index (χ4n) is 4.15. The van der Waals surface area contributed by atoms with Crippen LogP contribution in [0.25, 0.3) is 0 Å². The first-order valence-corrected chi connectivity index (χ1v) is 11.5. The Bertz CT molecular complexity index is 1150. The van der Waals surface area contributed by atoms with Crippen molar-refractivity contribution >= 4 is 21.8 Å². The number of carbonyl (C=O) groups is 1. The van der Waals surface area contributed by atoms with Crippen LogP contribution in [0.3, 0.4) is 0 Å². The Morgan fingerprint density at radius 1 is 1.19 bits per heavy atom. The second kappa shape index (κ2) is 8.22. The molecule has 1 saturated heterocycles. The molecule has 0 aromatic heterocycles. The van der Waals surface area contributed by atoms with Gasteiger partial charge in [-0.2, -0.15) is 8.42 Å². The summed E-state index contributed by atoms with van der Waals surface area (Å²) in [5.41, 5.74) is 1.34. The topological polar surface area (TPSA) is 97.3 Å². The highest BCUT2D eigenvalue weighted by Crippen LogP contribution is 2.32. The molecule has 0 radical (unpaired) electrons. The standard InChI is InChI=1S/C22H25N3O5S/c1-14(17-13-15(29-2)10-11-19(17)30-3)23-22(26)18-8-6-12-25(18)21-16-7-4-5-9-20(16)31(27,28)24-21/h4-5,7,9-11,13-14,18H,6,8,12H2,1-3H3,(H,23,26)/t14?,18-/m0/s1. The average molecular weight is 444 g/mol. The van der Waals surface area contributed by atoms with E-state index in [1.807, 2.05) is 13.0 Å². The number of fused-ring (bicyclic) bond motifs is 1. The maximum atomic E-state index is 13.2. The molecule has 4 rings (SSSR count). The van der Waals surface area contributed by atoms with Crippen LogP contribution in [0.2, 0.25) is 0 Å². The molecular formula is C22H25N3O5S. The molecule has 1 amide bonds. The minimum absolute atomic E-state index is 0.181. The third kappa shape index (κ3) is 3.85. The van der Waals surface area contributed by atoms with Crippen molar-refractivity contribution in [3.63, 3.8) is 0 Å². The molecule has 0 bridgehead atoms. The second-order valence-corrected chi connectivity index (χ2v) is 9.15. The SMILES string of the molecule is COc1ccc(OC)c(C(C)NC(=O)[C@@H]2CCCN2C2=NS(=O)(=O)c3ccccc32)c1. The van der Waals surface area contributed by atoms with Gasteiger partial charge in [-0.1, -0.05) is 12.1 Å². The molecule has 164 valence electrons. The van der Waals surface area contributed by atoms with Gasteiger partial charge in [-0.25, -0.2) is 0 Å². The van der Waals surface area contributed by atoms with E-state index in [0.29, 0.717) is 35.9 Å². The quantitative estimate of drug-likeness (QED) is 0.763. The van der Waals surface area contributed by atoms with E-state index in [-0.39, 0.29) is 16.8 Å². The fraction of sp³-hybridized carbons (Fsp3) is 0.364. The van der Waals surface area contributed by atoms with Crippen molar-refractivity contribution in [2.45, 2.75) is 36.7 Å². The third-order valence-electron chi connectivity index (χ3n) is 5.70. The van der Waals surface area contributed by atoms with Gasteiger partial charge < -0.3 is 19.7 Å². The number of hydrogen-bond donors (Lipinski definition) is 1. The lowest BCUT2D eigenvalue weighted by atomic mass is 10.1. The van der Waals surface area contributed by atoms with Crippen molar-refractivity contribution in [3.05, 3.63) is 53.6 Å². The molecule has 2 aromatic carbocycles. The zero-order valence-corrected chi connectivity index (χ0v) is 18.5. The Labute approximate surface area is 181 Å². The molecule has 1 unspecified atom stereocenters. The largest absolute Gasteiger partial charge is 0.497 e. The molecule has 0 spiro atoms. The molecule has 2 atom stereocenters. The molecular weight excluding hydrogens is 418 g/mol. The van der Waals surface area contributed by atoms with E-state index in [1.165, 1.54) is 0 Å². The maximum Gasteiger partial charge on any atom is 0.285 e. The fourth-order valence-corrected chi connectivity index (χ4v) is 5.37. The van der Waals surface area contributed by atoms with Crippen LogP contribution < -0.4 is 14.8 Å². The van der Waals surface area contributed by atoms with Gasteiger partial charge in [0.05, 0.1) is 20.3 Å². The first kappa shape index (κ1) is 21.2. The maximum absolute atomic E-state index is 13.2.